The lowest BCUT2D eigenvalue weighted by Crippen LogP contribution is -2.45. The van der Waals surface area contributed by atoms with Crippen molar-refractivity contribution in [3.8, 4) is 0 Å². The summed E-state index contributed by atoms with van der Waals surface area (Å²) < 4.78 is 0. The maximum atomic E-state index is 2.56. The molecule has 1 rings (SSSR count). The van der Waals surface area contributed by atoms with Crippen LogP contribution in [0.4, 0.5) is 0 Å². The Morgan fingerprint density at radius 1 is 1.00 bits per heavy atom. The van der Waals surface area contributed by atoms with E-state index in [2.05, 4.69) is 44.5 Å². The van der Waals surface area contributed by atoms with E-state index in [1.165, 1.54) is 39.1 Å². The van der Waals surface area contributed by atoms with Crippen molar-refractivity contribution >= 4 is 0 Å². The van der Waals surface area contributed by atoms with Crippen LogP contribution in [0.3, 0.4) is 0 Å². The molecule has 0 unspecified atom stereocenters. The molecule has 0 radical (unpaired) electrons. The van der Waals surface area contributed by atoms with Crippen LogP contribution >= 0.6 is 0 Å². The standard InChI is InChI=1S/C9H20N2.C3H8/c1-9(2)8-11-6-4-10(3)5-7-11;1-3-2/h9H,4-8H2,1-3H3;3H2,1-2H3. The minimum absolute atomic E-state index is 0.818. The zero-order valence-electron chi connectivity index (χ0n) is 10.7. The molecule has 1 heterocycles. The van der Waals surface area contributed by atoms with Crippen LogP contribution in [-0.4, -0.2) is 49.6 Å². The maximum absolute atomic E-state index is 2.56. The highest BCUT2D eigenvalue weighted by molar-refractivity contribution is 4.69. The molecule has 0 aromatic carbocycles. The summed E-state index contributed by atoms with van der Waals surface area (Å²) in [5.74, 6) is 0.818. The molecular weight excluding hydrogens is 172 g/mol. The summed E-state index contributed by atoms with van der Waals surface area (Å²) in [6.45, 7) is 15.1. The van der Waals surface area contributed by atoms with Gasteiger partial charge in [-0.3, -0.25) is 0 Å². The normalized spacial score (nSPS) is 19.3. The molecule has 14 heavy (non-hydrogen) atoms. The van der Waals surface area contributed by atoms with Crippen LogP contribution in [-0.2, 0) is 0 Å². The summed E-state index contributed by atoms with van der Waals surface area (Å²) in [4.78, 5) is 4.96. The van der Waals surface area contributed by atoms with E-state index in [9.17, 15) is 0 Å². The molecule has 1 aliphatic heterocycles. The minimum atomic E-state index is 0.818. The third kappa shape index (κ3) is 7.34. The van der Waals surface area contributed by atoms with Crippen molar-refractivity contribution < 1.29 is 0 Å². The third-order valence-electron chi connectivity index (χ3n) is 2.22. The van der Waals surface area contributed by atoms with E-state index in [1.807, 2.05) is 0 Å². The Balaban J connectivity index is 0.000000500. The number of nitrogens with zero attached hydrogens (tertiary/aromatic N) is 2. The molecule has 0 aliphatic carbocycles. The molecule has 0 aromatic rings. The zero-order chi connectivity index (χ0) is 11.0. The van der Waals surface area contributed by atoms with Gasteiger partial charge < -0.3 is 9.80 Å². The Morgan fingerprint density at radius 2 is 1.43 bits per heavy atom. The Morgan fingerprint density at radius 3 is 1.79 bits per heavy atom. The minimum Gasteiger partial charge on any atom is -0.304 e. The fourth-order valence-corrected chi connectivity index (χ4v) is 1.55. The van der Waals surface area contributed by atoms with Crippen molar-refractivity contribution in [1.82, 2.24) is 9.80 Å². The van der Waals surface area contributed by atoms with Crippen molar-refractivity contribution in [1.29, 1.82) is 0 Å². The van der Waals surface area contributed by atoms with Crippen LogP contribution in [0.2, 0.25) is 0 Å². The number of hydrogen-bond donors (Lipinski definition) is 0. The smallest absolute Gasteiger partial charge is 0.0110 e. The third-order valence-corrected chi connectivity index (χ3v) is 2.22. The van der Waals surface area contributed by atoms with E-state index in [1.54, 1.807) is 0 Å². The number of rotatable bonds is 2. The van der Waals surface area contributed by atoms with Gasteiger partial charge in [0.25, 0.3) is 0 Å². The van der Waals surface area contributed by atoms with Gasteiger partial charge in [0.1, 0.15) is 0 Å². The molecule has 2 heteroatoms. The van der Waals surface area contributed by atoms with Crippen LogP contribution in [0.25, 0.3) is 0 Å². The van der Waals surface area contributed by atoms with Gasteiger partial charge in [0.15, 0.2) is 0 Å². The van der Waals surface area contributed by atoms with Crippen LogP contribution in [0.1, 0.15) is 34.1 Å². The lowest BCUT2D eigenvalue weighted by molar-refractivity contribution is 0.141. The second kappa shape index (κ2) is 8.25. The monoisotopic (exact) mass is 200 g/mol. The Bertz CT molecular complexity index is 115. The highest BCUT2D eigenvalue weighted by atomic mass is 15.2. The predicted octanol–water partition coefficient (Wildman–Crippen LogP) is 2.31. The van der Waals surface area contributed by atoms with E-state index in [-0.39, 0.29) is 0 Å². The average molecular weight is 200 g/mol. The second-order valence-corrected chi connectivity index (χ2v) is 4.70. The summed E-state index contributed by atoms with van der Waals surface area (Å²) >= 11 is 0. The van der Waals surface area contributed by atoms with E-state index in [4.69, 9.17) is 0 Å². The molecule has 1 aliphatic rings. The molecule has 1 fully saturated rings. The molecule has 0 N–H and O–H groups in total. The maximum Gasteiger partial charge on any atom is 0.0110 e. The van der Waals surface area contributed by atoms with Gasteiger partial charge >= 0.3 is 0 Å². The van der Waals surface area contributed by atoms with Crippen LogP contribution in [0.15, 0.2) is 0 Å². The first-order valence-corrected chi connectivity index (χ1v) is 6.01. The lowest BCUT2D eigenvalue weighted by atomic mass is 10.2. The number of piperazine rings is 1. The zero-order valence-corrected chi connectivity index (χ0v) is 10.7. The highest BCUT2D eigenvalue weighted by Crippen LogP contribution is 2.02. The van der Waals surface area contributed by atoms with Gasteiger partial charge in [-0.15, -0.1) is 0 Å². The topological polar surface area (TPSA) is 6.48 Å². The summed E-state index contributed by atoms with van der Waals surface area (Å²) in [5, 5.41) is 0. The lowest BCUT2D eigenvalue weighted by Gasteiger charge is -2.33. The first-order valence-electron chi connectivity index (χ1n) is 6.01. The van der Waals surface area contributed by atoms with E-state index < -0.39 is 0 Å². The van der Waals surface area contributed by atoms with Gasteiger partial charge in [-0.25, -0.2) is 0 Å². The van der Waals surface area contributed by atoms with Gasteiger partial charge in [-0.05, 0) is 13.0 Å². The largest absolute Gasteiger partial charge is 0.304 e. The van der Waals surface area contributed by atoms with Crippen molar-refractivity contribution in [2.75, 3.05) is 39.8 Å². The molecule has 0 bridgehead atoms. The summed E-state index contributed by atoms with van der Waals surface area (Å²) in [6.07, 6.45) is 1.25. The number of likely N-dealkylation sites (N-methyl/N-ethyl adjacent to an activating group) is 1. The average Bonchev–Trinajstić information content (AvgIpc) is 2.09. The van der Waals surface area contributed by atoms with Crippen LogP contribution < -0.4 is 0 Å². The quantitative estimate of drug-likeness (QED) is 0.675. The van der Waals surface area contributed by atoms with E-state index in [0.717, 1.165) is 5.92 Å². The van der Waals surface area contributed by atoms with Gasteiger partial charge in [0, 0.05) is 32.7 Å². The summed E-state index contributed by atoms with van der Waals surface area (Å²) in [6, 6.07) is 0. The SMILES string of the molecule is CC(C)CN1CCN(C)CC1.CCC. The molecule has 0 amide bonds. The molecule has 0 atom stereocenters. The van der Waals surface area contributed by atoms with Crippen molar-refractivity contribution in [3.05, 3.63) is 0 Å². The fraction of sp³-hybridized carbons (Fsp3) is 1.00. The van der Waals surface area contributed by atoms with E-state index >= 15 is 0 Å². The van der Waals surface area contributed by atoms with Crippen molar-refractivity contribution in [2.24, 2.45) is 5.92 Å². The summed E-state index contributed by atoms with van der Waals surface area (Å²) in [5.41, 5.74) is 0. The predicted molar refractivity (Wildman–Crippen MR) is 64.7 cm³/mol. The Labute approximate surface area is 90.3 Å². The highest BCUT2D eigenvalue weighted by Gasteiger charge is 2.13. The molecule has 1 saturated heterocycles. The van der Waals surface area contributed by atoms with E-state index in [0.29, 0.717) is 0 Å². The number of hydrogen-bond acceptors (Lipinski definition) is 2. The summed E-state index contributed by atoms with van der Waals surface area (Å²) in [7, 11) is 2.20. The Kier molecular flexibility index (Phi) is 8.20. The second-order valence-electron chi connectivity index (χ2n) is 4.70. The van der Waals surface area contributed by atoms with Crippen LogP contribution in [0.5, 0.6) is 0 Å². The van der Waals surface area contributed by atoms with Gasteiger partial charge in [0.2, 0.25) is 0 Å². The molecular formula is C12H28N2. The first kappa shape index (κ1) is 13.9. The molecule has 0 aromatic heterocycles. The van der Waals surface area contributed by atoms with Crippen molar-refractivity contribution in [2.45, 2.75) is 34.1 Å². The van der Waals surface area contributed by atoms with Gasteiger partial charge in [0.05, 0.1) is 0 Å². The molecule has 86 valence electrons. The molecule has 0 spiro atoms. The molecule has 0 saturated carbocycles. The van der Waals surface area contributed by atoms with Gasteiger partial charge in [-0.1, -0.05) is 34.1 Å². The Hall–Kier alpha value is -0.0800. The van der Waals surface area contributed by atoms with Crippen molar-refractivity contribution in [3.63, 3.8) is 0 Å². The molecule has 2 nitrogen and oxygen atoms in total. The first-order chi connectivity index (χ1) is 6.60. The van der Waals surface area contributed by atoms with Crippen LogP contribution in [0, 0.1) is 5.92 Å². The fourth-order valence-electron chi connectivity index (χ4n) is 1.55. The van der Waals surface area contributed by atoms with Gasteiger partial charge in [-0.2, -0.15) is 0 Å².